The van der Waals surface area contributed by atoms with Crippen molar-refractivity contribution < 1.29 is 56.8 Å². The molecule has 0 spiro atoms. The summed E-state index contributed by atoms with van der Waals surface area (Å²) in [4.78, 5) is 0. The summed E-state index contributed by atoms with van der Waals surface area (Å²) in [5.41, 5.74) is 8.63. The molecular formula is C48H59BrO12. The number of halogens is 1. The predicted molar refractivity (Wildman–Crippen MR) is 233 cm³/mol. The zero-order valence-electron chi connectivity index (χ0n) is 35.1. The molecule has 12 nitrogen and oxygen atoms in total. The largest absolute Gasteiger partial charge is 0.491 e. The lowest BCUT2D eigenvalue weighted by atomic mass is 9.92. The SMILES string of the molecule is Brc1cc2c3c(c1)Cc1cc4cc(c1)OCCOCCOCCOCCOCCOc1cc(cc(c1)C2)Cc1cccc(c1OCCOCCOCCOCCOCCO3)C4. The molecule has 4 aromatic rings. The molecule has 3 aliphatic rings. The summed E-state index contributed by atoms with van der Waals surface area (Å²) in [5, 5.41) is 0. The van der Waals surface area contributed by atoms with Gasteiger partial charge in [0.25, 0.3) is 0 Å². The van der Waals surface area contributed by atoms with Crippen molar-refractivity contribution in [3.05, 3.63) is 116 Å². The molecule has 0 amide bonds. The van der Waals surface area contributed by atoms with Crippen molar-refractivity contribution in [1.29, 1.82) is 0 Å². The van der Waals surface area contributed by atoms with Gasteiger partial charge >= 0.3 is 0 Å². The third-order valence-electron chi connectivity index (χ3n) is 10.2. The third-order valence-corrected chi connectivity index (χ3v) is 10.6. The smallest absolute Gasteiger partial charge is 0.126 e. The second kappa shape index (κ2) is 25.4. The van der Waals surface area contributed by atoms with Crippen LogP contribution < -0.4 is 18.9 Å². The number of rotatable bonds is 0. The first-order valence-corrected chi connectivity index (χ1v) is 22.3. The molecule has 0 N–H and O–H groups in total. The first-order valence-electron chi connectivity index (χ1n) is 21.5. The minimum atomic E-state index is 0.376. The number of hydrogen-bond acceptors (Lipinski definition) is 12. The molecule has 13 heteroatoms. The highest BCUT2D eigenvalue weighted by Gasteiger charge is 2.19. The van der Waals surface area contributed by atoms with Crippen LogP contribution in [0.4, 0.5) is 0 Å². The average Bonchev–Trinajstić information content (AvgIpc) is 3.24. The van der Waals surface area contributed by atoms with E-state index in [1.165, 1.54) is 0 Å². The summed E-state index contributed by atoms with van der Waals surface area (Å²) in [6.07, 6.45) is 2.46. The van der Waals surface area contributed by atoms with Gasteiger partial charge in [0, 0.05) is 30.2 Å². The van der Waals surface area contributed by atoms with E-state index in [0.29, 0.717) is 158 Å². The third kappa shape index (κ3) is 15.2. The Balaban J connectivity index is 1.30. The van der Waals surface area contributed by atoms with Gasteiger partial charge in [-0.05, 0) is 80.9 Å². The second-order valence-corrected chi connectivity index (χ2v) is 15.8. The summed E-state index contributed by atoms with van der Waals surface area (Å²) < 4.78 is 73.6. The maximum Gasteiger partial charge on any atom is 0.126 e. The van der Waals surface area contributed by atoms with E-state index in [2.05, 4.69) is 82.7 Å². The molecule has 0 fully saturated rings. The fraction of sp³-hybridized carbons (Fsp3) is 0.500. The lowest BCUT2D eigenvalue weighted by Gasteiger charge is -2.21. The molecule has 4 aromatic carbocycles. The van der Waals surface area contributed by atoms with Gasteiger partial charge in [-0.15, -0.1) is 0 Å². The van der Waals surface area contributed by atoms with Crippen LogP contribution in [0.15, 0.2) is 71.2 Å². The van der Waals surface area contributed by atoms with E-state index >= 15 is 0 Å². The van der Waals surface area contributed by atoms with Crippen molar-refractivity contribution in [3.8, 4) is 23.0 Å². The average molecular weight is 908 g/mol. The normalized spacial score (nSPS) is 19.0. The van der Waals surface area contributed by atoms with Crippen LogP contribution in [0.1, 0.15) is 44.5 Å². The van der Waals surface area contributed by atoms with Gasteiger partial charge in [0.05, 0.1) is 106 Å². The Hall–Kier alpha value is -3.76. The maximum atomic E-state index is 6.70. The quantitative estimate of drug-likeness (QED) is 0.163. The summed E-state index contributed by atoms with van der Waals surface area (Å²) in [6.45, 7) is 8.95. The van der Waals surface area contributed by atoms with Crippen LogP contribution in [0.25, 0.3) is 0 Å². The number of ether oxygens (including phenoxy) is 12. The lowest BCUT2D eigenvalue weighted by Crippen LogP contribution is -2.15. The molecule has 12 bridgehead atoms. The van der Waals surface area contributed by atoms with Crippen LogP contribution in [0, 0.1) is 0 Å². The Morgan fingerprint density at radius 1 is 0.295 bits per heavy atom. The van der Waals surface area contributed by atoms with E-state index in [1.807, 2.05) is 0 Å². The highest BCUT2D eigenvalue weighted by Crippen LogP contribution is 2.36. The van der Waals surface area contributed by atoms with Crippen LogP contribution >= 0.6 is 15.9 Å². The van der Waals surface area contributed by atoms with Gasteiger partial charge in [-0.1, -0.05) is 46.3 Å². The molecule has 7 rings (SSSR count). The van der Waals surface area contributed by atoms with E-state index in [1.54, 1.807) is 0 Å². The minimum Gasteiger partial charge on any atom is -0.491 e. The molecule has 0 radical (unpaired) electrons. The molecule has 2 heterocycles. The van der Waals surface area contributed by atoms with Crippen molar-refractivity contribution in [3.63, 3.8) is 0 Å². The van der Waals surface area contributed by atoms with E-state index in [9.17, 15) is 0 Å². The Kier molecular flexibility index (Phi) is 18.8. The van der Waals surface area contributed by atoms with E-state index < -0.39 is 0 Å². The van der Waals surface area contributed by atoms with Gasteiger partial charge in [-0.2, -0.15) is 0 Å². The Morgan fingerprint density at radius 3 is 0.918 bits per heavy atom. The van der Waals surface area contributed by atoms with Crippen molar-refractivity contribution in [2.24, 2.45) is 0 Å². The Labute approximate surface area is 368 Å². The zero-order chi connectivity index (χ0) is 41.7. The van der Waals surface area contributed by atoms with Crippen LogP contribution in [0.2, 0.25) is 0 Å². The lowest BCUT2D eigenvalue weighted by molar-refractivity contribution is -0.00706. The Bertz CT molecular complexity index is 1830. The molecule has 0 saturated carbocycles. The van der Waals surface area contributed by atoms with E-state index in [4.69, 9.17) is 56.8 Å². The van der Waals surface area contributed by atoms with Crippen LogP contribution in [-0.4, -0.2) is 132 Å². The van der Waals surface area contributed by atoms with Gasteiger partial charge < -0.3 is 56.8 Å². The van der Waals surface area contributed by atoms with Gasteiger partial charge in [0.1, 0.15) is 49.4 Å². The van der Waals surface area contributed by atoms with Crippen molar-refractivity contribution in [2.75, 3.05) is 132 Å². The van der Waals surface area contributed by atoms with Crippen molar-refractivity contribution in [1.82, 2.24) is 0 Å². The number of hydrogen-bond donors (Lipinski definition) is 0. The molecule has 0 saturated heterocycles. The van der Waals surface area contributed by atoms with Crippen LogP contribution in [0.3, 0.4) is 0 Å². The monoisotopic (exact) mass is 906 g/mol. The molecule has 0 aromatic heterocycles. The Morgan fingerprint density at radius 2 is 0.574 bits per heavy atom. The van der Waals surface area contributed by atoms with Gasteiger partial charge in [-0.25, -0.2) is 0 Å². The zero-order valence-corrected chi connectivity index (χ0v) is 36.7. The summed E-state index contributed by atoms with van der Waals surface area (Å²) in [6, 6.07) is 23.7. The molecule has 1 aliphatic carbocycles. The summed E-state index contributed by atoms with van der Waals surface area (Å²) in [5.74, 6) is 3.24. The number of para-hydroxylation sites is 1. The van der Waals surface area contributed by atoms with Crippen LogP contribution in [0.5, 0.6) is 23.0 Å². The molecule has 61 heavy (non-hydrogen) atoms. The van der Waals surface area contributed by atoms with E-state index in [0.717, 1.165) is 72.0 Å². The molecule has 0 atom stereocenters. The molecule has 0 unspecified atom stereocenters. The van der Waals surface area contributed by atoms with Gasteiger partial charge in [0.15, 0.2) is 0 Å². The highest BCUT2D eigenvalue weighted by atomic mass is 79.9. The minimum absolute atomic E-state index is 0.376. The summed E-state index contributed by atoms with van der Waals surface area (Å²) in [7, 11) is 0. The number of fused-ring (bicyclic) bond motifs is 3. The second-order valence-electron chi connectivity index (χ2n) is 14.9. The fourth-order valence-corrected chi connectivity index (χ4v) is 8.09. The number of benzene rings is 4. The standard InChI is InChI=1S/C48H59BrO12/c49-44-34-42-28-38-24-36-26-40-2-1-3-41-27-37-25-39(29-43(35-44)48(42)61-23-19-57-15-11-53-7-6-52-10-14-56-18-22-60-47(40)41)33-46(31-37)59-21-17-55-13-9-51-5-4-50-8-12-54-16-20-58-45(30-36)32-38/h1-3,24-25,30-35H,4-23,26-29H2. The molecule has 330 valence electrons. The molecule has 2 aliphatic heterocycles. The highest BCUT2D eigenvalue weighted by molar-refractivity contribution is 9.10. The van der Waals surface area contributed by atoms with Crippen LogP contribution in [-0.2, 0) is 63.6 Å². The van der Waals surface area contributed by atoms with Gasteiger partial charge in [0.2, 0.25) is 0 Å². The predicted octanol–water partition coefficient (Wildman–Crippen LogP) is 6.80. The van der Waals surface area contributed by atoms with E-state index in [-0.39, 0.29) is 0 Å². The topological polar surface area (TPSA) is 111 Å². The summed E-state index contributed by atoms with van der Waals surface area (Å²) >= 11 is 3.86. The van der Waals surface area contributed by atoms with Crippen molar-refractivity contribution in [2.45, 2.75) is 25.7 Å². The fourth-order valence-electron chi connectivity index (χ4n) is 7.54. The first kappa shape index (κ1) is 45.3. The maximum absolute atomic E-state index is 6.70. The van der Waals surface area contributed by atoms with Crippen molar-refractivity contribution >= 4 is 15.9 Å². The van der Waals surface area contributed by atoms with Gasteiger partial charge in [-0.3, -0.25) is 0 Å². The first-order chi connectivity index (χ1) is 30.2. The molecular weight excluding hydrogens is 848 g/mol.